The van der Waals surface area contributed by atoms with E-state index in [4.69, 9.17) is 4.74 Å². The van der Waals surface area contributed by atoms with Gasteiger partial charge in [0.2, 0.25) is 0 Å². The average molecular weight is 428 g/mol. The van der Waals surface area contributed by atoms with Gasteiger partial charge in [0.05, 0.1) is 18.2 Å². The van der Waals surface area contributed by atoms with Crippen molar-refractivity contribution in [1.82, 2.24) is 5.32 Å². The molecule has 2 aliphatic carbocycles. The molecule has 0 radical (unpaired) electrons. The SMILES string of the molecule is COC(=O)c1ccc(C(F)(F)F)c(NC2CC3(CC(NC(=O)OC(C)(C)C)C3)C2)c1. The highest BCUT2D eigenvalue weighted by molar-refractivity contribution is 5.90. The van der Waals surface area contributed by atoms with Gasteiger partial charge in [-0.2, -0.15) is 13.2 Å². The van der Waals surface area contributed by atoms with Gasteiger partial charge < -0.3 is 20.1 Å². The fourth-order valence-electron chi connectivity index (χ4n) is 4.36. The lowest BCUT2D eigenvalue weighted by molar-refractivity contribution is -0.137. The van der Waals surface area contributed by atoms with Crippen LogP contribution in [0.1, 0.15) is 62.4 Å². The zero-order chi connectivity index (χ0) is 22.3. The number of rotatable bonds is 4. The molecule has 1 amide bonds. The van der Waals surface area contributed by atoms with Crippen molar-refractivity contribution in [2.24, 2.45) is 5.41 Å². The second kappa shape index (κ2) is 7.67. The second-order valence-corrected chi connectivity index (χ2v) is 9.25. The Morgan fingerprint density at radius 2 is 1.67 bits per heavy atom. The fraction of sp³-hybridized carbons (Fsp3) is 0.619. The van der Waals surface area contributed by atoms with Gasteiger partial charge in [-0.1, -0.05) is 0 Å². The smallest absolute Gasteiger partial charge is 0.418 e. The molecule has 1 aromatic carbocycles. The number of carbonyl (C=O) groups is 2. The summed E-state index contributed by atoms with van der Waals surface area (Å²) in [4.78, 5) is 23.5. The first-order valence-corrected chi connectivity index (χ1v) is 9.86. The minimum Gasteiger partial charge on any atom is -0.465 e. The Morgan fingerprint density at radius 1 is 1.07 bits per heavy atom. The third kappa shape index (κ3) is 4.99. The monoisotopic (exact) mass is 428 g/mol. The van der Waals surface area contributed by atoms with E-state index in [1.807, 2.05) is 0 Å². The van der Waals surface area contributed by atoms with Crippen molar-refractivity contribution >= 4 is 17.7 Å². The number of alkyl carbamates (subject to hydrolysis) is 1. The molecule has 0 aromatic heterocycles. The van der Waals surface area contributed by atoms with Crippen LogP contribution in [0.5, 0.6) is 0 Å². The number of ether oxygens (including phenoxy) is 2. The number of esters is 1. The molecule has 2 fully saturated rings. The molecular formula is C21H27F3N2O4. The lowest BCUT2D eigenvalue weighted by Gasteiger charge is -2.58. The molecule has 1 spiro atoms. The van der Waals surface area contributed by atoms with E-state index in [2.05, 4.69) is 15.4 Å². The summed E-state index contributed by atoms with van der Waals surface area (Å²) < 4.78 is 49.9. The third-order valence-corrected chi connectivity index (χ3v) is 5.54. The van der Waals surface area contributed by atoms with Crippen LogP contribution < -0.4 is 10.6 Å². The van der Waals surface area contributed by atoms with Gasteiger partial charge >= 0.3 is 18.2 Å². The van der Waals surface area contributed by atoms with Crippen LogP contribution in [-0.4, -0.2) is 36.9 Å². The molecule has 1 aromatic rings. The maximum Gasteiger partial charge on any atom is 0.418 e. The number of benzene rings is 1. The summed E-state index contributed by atoms with van der Waals surface area (Å²) >= 11 is 0. The van der Waals surface area contributed by atoms with E-state index >= 15 is 0 Å². The Labute approximate surface area is 173 Å². The number of carbonyl (C=O) groups excluding carboxylic acids is 2. The van der Waals surface area contributed by atoms with Crippen molar-refractivity contribution in [3.8, 4) is 0 Å². The summed E-state index contributed by atoms with van der Waals surface area (Å²) in [5.74, 6) is -0.688. The van der Waals surface area contributed by atoms with E-state index in [0.29, 0.717) is 12.8 Å². The van der Waals surface area contributed by atoms with Crippen molar-refractivity contribution in [2.45, 2.75) is 70.3 Å². The predicted octanol–water partition coefficient (Wildman–Crippen LogP) is 4.74. The largest absolute Gasteiger partial charge is 0.465 e. The van der Waals surface area contributed by atoms with Gasteiger partial charge in [0, 0.05) is 17.8 Å². The Kier molecular flexibility index (Phi) is 5.68. The Morgan fingerprint density at radius 3 is 2.20 bits per heavy atom. The molecule has 0 unspecified atom stereocenters. The number of halogens is 3. The molecule has 2 saturated carbocycles. The van der Waals surface area contributed by atoms with Crippen molar-refractivity contribution in [3.05, 3.63) is 29.3 Å². The molecule has 6 nitrogen and oxygen atoms in total. The van der Waals surface area contributed by atoms with Crippen LogP contribution in [0.4, 0.5) is 23.7 Å². The molecule has 0 saturated heterocycles. The van der Waals surface area contributed by atoms with Gasteiger partial charge in [-0.15, -0.1) is 0 Å². The summed E-state index contributed by atoms with van der Waals surface area (Å²) in [7, 11) is 1.18. The quantitative estimate of drug-likeness (QED) is 0.678. The molecule has 30 heavy (non-hydrogen) atoms. The van der Waals surface area contributed by atoms with Crippen LogP contribution in [0.3, 0.4) is 0 Å². The van der Waals surface area contributed by atoms with Crippen LogP contribution in [0.15, 0.2) is 18.2 Å². The van der Waals surface area contributed by atoms with E-state index in [-0.39, 0.29) is 28.7 Å². The van der Waals surface area contributed by atoms with Crippen molar-refractivity contribution < 1.29 is 32.2 Å². The van der Waals surface area contributed by atoms with E-state index in [1.54, 1.807) is 20.8 Å². The normalized spacial score (nSPS) is 25.7. The van der Waals surface area contributed by atoms with Crippen LogP contribution in [0, 0.1) is 5.41 Å². The van der Waals surface area contributed by atoms with Crippen molar-refractivity contribution in [2.75, 3.05) is 12.4 Å². The molecule has 0 heterocycles. The number of alkyl halides is 3. The lowest BCUT2D eigenvalue weighted by Crippen LogP contribution is -2.59. The van der Waals surface area contributed by atoms with Crippen LogP contribution in [0.2, 0.25) is 0 Å². The standard InChI is InChI=1S/C21H27F3N2O4/c1-19(2,3)30-18(28)26-14-10-20(11-14)8-13(9-20)25-16-7-12(17(27)29-4)5-6-15(16)21(22,23)24/h5-7,13-14,25H,8-11H2,1-4H3,(H,26,28). The van der Waals surface area contributed by atoms with Crippen LogP contribution >= 0.6 is 0 Å². The highest BCUT2D eigenvalue weighted by atomic mass is 19.4. The third-order valence-electron chi connectivity index (χ3n) is 5.54. The van der Waals surface area contributed by atoms with E-state index in [1.165, 1.54) is 13.2 Å². The average Bonchev–Trinajstić information content (AvgIpc) is 2.54. The molecule has 9 heteroatoms. The van der Waals surface area contributed by atoms with Gasteiger partial charge in [0.15, 0.2) is 0 Å². The van der Waals surface area contributed by atoms with Gasteiger partial charge in [0.25, 0.3) is 0 Å². The summed E-state index contributed by atoms with van der Waals surface area (Å²) in [6, 6.07) is 3.09. The number of hydrogen-bond acceptors (Lipinski definition) is 5. The van der Waals surface area contributed by atoms with Gasteiger partial charge in [-0.05, 0) is 70.1 Å². The highest BCUT2D eigenvalue weighted by Crippen LogP contribution is 2.56. The first-order valence-electron chi connectivity index (χ1n) is 9.86. The van der Waals surface area contributed by atoms with Crippen molar-refractivity contribution in [3.63, 3.8) is 0 Å². The highest BCUT2D eigenvalue weighted by Gasteiger charge is 2.53. The zero-order valence-corrected chi connectivity index (χ0v) is 17.5. The van der Waals surface area contributed by atoms with E-state index < -0.39 is 29.4 Å². The second-order valence-electron chi connectivity index (χ2n) is 9.25. The number of nitrogens with one attached hydrogen (secondary N) is 2. The summed E-state index contributed by atoms with van der Waals surface area (Å²) in [5, 5.41) is 5.78. The minimum absolute atomic E-state index is 0.0224. The fourth-order valence-corrected chi connectivity index (χ4v) is 4.36. The number of methoxy groups -OCH3 is 1. The predicted molar refractivity (Wildman–Crippen MR) is 104 cm³/mol. The first kappa shape index (κ1) is 22.2. The Hall–Kier alpha value is -2.45. The molecule has 0 atom stereocenters. The Balaban J connectivity index is 1.56. The molecule has 0 aliphatic heterocycles. The summed E-state index contributed by atoms with van der Waals surface area (Å²) in [5.41, 5.74) is -1.39. The molecule has 166 valence electrons. The Bertz CT molecular complexity index is 819. The molecule has 2 aliphatic rings. The van der Waals surface area contributed by atoms with E-state index in [0.717, 1.165) is 25.0 Å². The number of amides is 1. The maximum absolute atomic E-state index is 13.3. The molecule has 3 rings (SSSR count). The van der Waals surface area contributed by atoms with Crippen LogP contribution in [-0.2, 0) is 15.7 Å². The van der Waals surface area contributed by atoms with Crippen molar-refractivity contribution in [1.29, 1.82) is 0 Å². The molecule has 2 N–H and O–H groups in total. The molecule has 0 bridgehead atoms. The summed E-state index contributed by atoms with van der Waals surface area (Å²) in [6.07, 6.45) is -2.02. The van der Waals surface area contributed by atoms with Crippen LogP contribution in [0.25, 0.3) is 0 Å². The zero-order valence-electron chi connectivity index (χ0n) is 17.5. The molecular weight excluding hydrogens is 401 g/mol. The maximum atomic E-state index is 13.3. The van der Waals surface area contributed by atoms with Gasteiger partial charge in [0.1, 0.15) is 5.60 Å². The first-order chi connectivity index (χ1) is 13.8. The van der Waals surface area contributed by atoms with Gasteiger partial charge in [-0.25, -0.2) is 9.59 Å². The lowest BCUT2D eigenvalue weighted by atomic mass is 9.52. The summed E-state index contributed by atoms with van der Waals surface area (Å²) in [6.45, 7) is 5.38. The topological polar surface area (TPSA) is 76.7 Å². The number of hydrogen-bond donors (Lipinski definition) is 2. The van der Waals surface area contributed by atoms with E-state index in [9.17, 15) is 22.8 Å². The minimum atomic E-state index is -4.53. The number of anilines is 1. The van der Waals surface area contributed by atoms with Gasteiger partial charge in [-0.3, -0.25) is 0 Å².